The molecule has 1 aromatic rings. The molecule has 0 radical (unpaired) electrons. The average Bonchev–Trinajstić information content (AvgIpc) is 2.38. The van der Waals surface area contributed by atoms with E-state index in [0.717, 1.165) is 5.56 Å². The van der Waals surface area contributed by atoms with Gasteiger partial charge in [0.2, 0.25) is 0 Å². The first-order chi connectivity index (χ1) is 8.58. The molecular weight excluding hydrogens is 248 g/mol. The molecule has 0 heterocycles. The van der Waals surface area contributed by atoms with E-state index in [1.165, 1.54) is 0 Å². The summed E-state index contributed by atoms with van der Waals surface area (Å²) >= 11 is 0. The van der Waals surface area contributed by atoms with Gasteiger partial charge in [-0.25, -0.2) is 0 Å². The van der Waals surface area contributed by atoms with E-state index >= 15 is 0 Å². The molecule has 0 saturated carbocycles. The third-order valence-electron chi connectivity index (χ3n) is 2.71. The molecule has 0 bridgehead atoms. The normalized spacial score (nSPS) is 13.7. The second-order valence-electron chi connectivity index (χ2n) is 4.09. The lowest BCUT2D eigenvalue weighted by molar-refractivity contribution is 0.412. The summed E-state index contributed by atoms with van der Waals surface area (Å²) in [5.74, 6) is 0.587. The Labute approximate surface area is 110 Å². The quantitative estimate of drug-likeness (QED) is 0.846. The van der Waals surface area contributed by atoms with Gasteiger partial charge in [-0.15, -0.1) is 0 Å². The number of benzene rings is 1. The number of nitrogens with zero attached hydrogens (tertiary/aromatic N) is 1. The van der Waals surface area contributed by atoms with Crippen molar-refractivity contribution in [1.29, 1.82) is 5.26 Å². The molecule has 0 aromatic heterocycles. The lowest BCUT2D eigenvalue weighted by Crippen LogP contribution is -2.27. The van der Waals surface area contributed by atoms with E-state index in [1.807, 2.05) is 19.1 Å². The van der Waals surface area contributed by atoms with E-state index in [1.54, 1.807) is 19.4 Å². The Bertz CT molecular complexity index is 469. The highest BCUT2D eigenvalue weighted by Gasteiger charge is 2.06. The van der Waals surface area contributed by atoms with Crippen LogP contribution < -0.4 is 10.1 Å². The highest BCUT2D eigenvalue weighted by Crippen LogP contribution is 2.19. The van der Waals surface area contributed by atoms with Gasteiger partial charge in [-0.3, -0.25) is 4.21 Å². The third-order valence-corrected chi connectivity index (χ3v) is 4.01. The predicted molar refractivity (Wildman–Crippen MR) is 72.9 cm³/mol. The Hall–Kier alpha value is -1.38. The van der Waals surface area contributed by atoms with Crippen molar-refractivity contribution in [3.05, 3.63) is 29.3 Å². The molecule has 5 heteroatoms. The molecular formula is C13H18N2O2S. The number of nitriles is 1. The van der Waals surface area contributed by atoms with Gasteiger partial charge in [0.15, 0.2) is 0 Å². The zero-order valence-electron chi connectivity index (χ0n) is 10.9. The highest BCUT2D eigenvalue weighted by atomic mass is 32.2. The van der Waals surface area contributed by atoms with E-state index in [4.69, 9.17) is 10.00 Å². The van der Waals surface area contributed by atoms with Crippen molar-refractivity contribution < 1.29 is 8.95 Å². The lowest BCUT2D eigenvalue weighted by atomic mass is 10.1. The van der Waals surface area contributed by atoms with Crippen LogP contribution in [0.2, 0.25) is 0 Å². The molecule has 0 aliphatic carbocycles. The van der Waals surface area contributed by atoms with Crippen molar-refractivity contribution in [3.8, 4) is 11.8 Å². The molecule has 1 rings (SSSR count). The molecule has 1 N–H and O–H groups in total. The Morgan fingerprint density at radius 3 is 2.83 bits per heavy atom. The van der Waals surface area contributed by atoms with Crippen molar-refractivity contribution in [2.75, 3.05) is 19.9 Å². The maximum absolute atomic E-state index is 11.2. The first kappa shape index (κ1) is 14.7. The van der Waals surface area contributed by atoms with Gasteiger partial charge < -0.3 is 10.1 Å². The fourth-order valence-electron chi connectivity index (χ4n) is 1.48. The van der Waals surface area contributed by atoms with Crippen LogP contribution in [0.15, 0.2) is 18.2 Å². The smallest absolute Gasteiger partial charge is 0.136 e. The minimum Gasteiger partial charge on any atom is -0.495 e. The zero-order valence-corrected chi connectivity index (χ0v) is 11.7. The standard InChI is InChI=1S/C13H18N2O2S/c1-10(18(3)16)8-15-9-11-4-5-12(7-14)13(6-11)17-2/h4-6,10,15H,8-9H2,1-3H3. The molecule has 1 aromatic carbocycles. The van der Waals surface area contributed by atoms with Gasteiger partial charge in [0.05, 0.1) is 12.7 Å². The minimum absolute atomic E-state index is 0.130. The second kappa shape index (κ2) is 7.14. The molecule has 0 spiro atoms. The zero-order chi connectivity index (χ0) is 13.5. The van der Waals surface area contributed by atoms with Crippen LogP contribution in [-0.4, -0.2) is 29.4 Å². The summed E-state index contributed by atoms with van der Waals surface area (Å²) < 4.78 is 16.3. The fraction of sp³-hybridized carbons (Fsp3) is 0.462. The molecule has 0 fully saturated rings. The van der Waals surface area contributed by atoms with E-state index in [9.17, 15) is 4.21 Å². The van der Waals surface area contributed by atoms with Crippen molar-refractivity contribution in [3.63, 3.8) is 0 Å². The van der Waals surface area contributed by atoms with Crippen LogP contribution in [0.25, 0.3) is 0 Å². The van der Waals surface area contributed by atoms with Gasteiger partial charge in [-0.2, -0.15) is 5.26 Å². The van der Waals surface area contributed by atoms with Crippen LogP contribution in [0.4, 0.5) is 0 Å². The molecule has 0 amide bonds. The first-order valence-corrected chi connectivity index (χ1v) is 7.30. The Morgan fingerprint density at radius 2 is 2.28 bits per heavy atom. The van der Waals surface area contributed by atoms with Gasteiger partial charge in [0, 0.05) is 35.4 Å². The average molecular weight is 266 g/mol. The monoisotopic (exact) mass is 266 g/mol. The summed E-state index contributed by atoms with van der Waals surface area (Å²) in [6.45, 7) is 3.32. The van der Waals surface area contributed by atoms with Gasteiger partial charge >= 0.3 is 0 Å². The molecule has 4 nitrogen and oxygen atoms in total. The van der Waals surface area contributed by atoms with Crippen LogP contribution in [0.3, 0.4) is 0 Å². The maximum atomic E-state index is 11.2. The number of ether oxygens (including phenoxy) is 1. The van der Waals surface area contributed by atoms with Crippen molar-refractivity contribution in [2.45, 2.75) is 18.7 Å². The summed E-state index contributed by atoms with van der Waals surface area (Å²) in [5.41, 5.74) is 1.57. The molecule has 0 saturated heterocycles. The molecule has 0 aliphatic heterocycles. The van der Waals surface area contributed by atoms with E-state index < -0.39 is 10.8 Å². The SMILES string of the molecule is COc1cc(CNCC(C)S(C)=O)ccc1C#N. The van der Waals surface area contributed by atoms with Gasteiger partial charge in [-0.05, 0) is 24.6 Å². The Morgan fingerprint density at radius 1 is 1.56 bits per heavy atom. The van der Waals surface area contributed by atoms with Gasteiger partial charge in [0.25, 0.3) is 0 Å². The summed E-state index contributed by atoms with van der Waals surface area (Å²) in [6.07, 6.45) is 1.71. The molecule has 0 aliphatic rings. The van der Waals surface area contributed by atoms with E-state index in [2.05, 4.69) is 11.4 Å². The van der Waals surface area contributed by atoms with Gasteiger partial charge in [-0.1, -0.05) is 6.07 Å². The van der Waals surface area contributed by atoms with Crippen molar-refractivity contribution in [2.24, 2.45) is 0 Å². The van der Waals surface area contributed by atoms with Gasteiger partial charge in [0.1, 0.15) is 11.8 Å². The molecule has 2 unspecified atom stereocenters. The summed E-state index contributed by atoms with van der Waals surface area (Å²) in [5, 5.41) is 12.2. The van der Waals surface area contributed by atoms with Crippen LogP contribution in [0.1, 0.15) is 18.1 Å². The predicted octanol–water partition coefficient (Wildman–Crippen LogP) is 1.42. The number of hydrogen-bond acceptors (Lipinski definition) is 4. The van der Waals surface area contributed by atoms with Crippen molar-refractivity contribution in [1.82, 2.24) is 5.32 Å². The number of nitrogens with one attached hydrogen (secondary N) is 1. The third kappa shape index (κ3) is 4.13. The minimum atomic E-state index is -0.810. The maximum Gasteiger partial charge on any atom is 0.136 e. The fourth-order valence-corrected chi connectivity index (χ4v) is 1.83. The number of rotatable bonds is 6. The number of methoxy groups -OCH3 is 1. The van der Waals surface area contributed by atoms with Crippen LogP contribution in [0.5, 0.6) is 5.75 Å². The summed E-state index contributed by atoms with van der Waals surface area (Å²) in [6, 6.07) is 7.56. The van der Waals surface area contributed by atoms with Crippen molar-refractivity contribution >= 4 is 10.8 Å². The van der Waals surface area contributed by atoms with E-state index in [-0.39, 0.29) is 5.25 Å². The molecule has 2 atom stereocenters. The largest absolute Gasteiger partial charge is 0.495 e. The first-order valence-electron chi connectivity index (χ1n) is 5.68. The second-order valence-corrected chi connectivity index (χ2v) is 5.89. The summed E-state index contributed by atoms with van der Waals surface area (Å²) in [7, 11) is 0.742. The lowest BCUT2D eigenvalue weighted by Gasteiger charge is -2.11. The Kier molecular flexibility index (Phi) is 5.83. The van der Waals surface area contributed by atoms with Crippen LogP contribution in [-0.2, 0) is 17.3 Å². The highest BCUT2D eigenvalue weighted by molar-refractivity contribution is 7.84. The molecule has 18 heavy (non-hydrogen) atoms. The van der Waals surface area contributed by atoms with Crippen LogP contribution in [0, 0.1) is 11.3 Å². The molecule has 98 valence electrons. The van der Waals surface area contributed by atoms with Crippen LogP contribution >= 0.6 is 0 Å². The number of hydrogen-bond donors (Lipinski definition) is 1. The Balaban J connectivity index is 2.59. The van der Waals surface area contributed by atoms with E-state index in [0.29, 0.717) is 24.4 Å². The summed E-state index contributed by atoms with van der Waals surface area (Å²) in [4.78, 5) is 0. The topological polar surface area (TPSA) is 62.1 Å².